The van der Waals surface area contributed by atoms with E-state index in [9.17, 15) is 4.79 Å². The maximum atomic E-state index is 12.6. The Labute approximate surface area is 128 Å². The van der Waals surface area contributed by atoms with E-state index in [-0.39, 0.29) is 5.91 Å². The highest BCUT2D eigenvalue weighted by Crippen LogP contribution is 2.25. The smallest absolute Gasteiger partial charge is 0.273 e. The first kappa shape index (κ1) is 14.2. The summed E-state index contributed by atoms with van der Waals surface area (Å²) in [5, 5.41) is 5.95. The molecule has 0 radical (unpaired) electrons. The van der Waals surface area contributed by atoms with Crippen LogP contribution in [0.3, 0.4) is 0 Å². The number of aromatic nitrogens is 1. The molecule has 1 atom stereocenters. The topological polar surface area (TPSA) is 45.2 Å². The van der Waals surface area contributed by atoms with Crippen molar-refractivity contribution in [2.24, 2.45) is 0 Å². The van der Waals surface area contributed by atoms with Gasteiger partial charge in [0, 0.05) is 30.1 Å². The molecule has 1 amide bonds. The SMILES string of the molecule is CNCC1CCCN1C(=O)c1csc(-c2ccccc2)n1. The van der Waals surface area contributed by atoms with Gasteiger partial charge >= 0.3 is 0 Å². The van der Waals surface area contributed by atoms with Crippen LogP contribution in [0.25, 0.3) is 10.6 Å². The van der Waals surface area contributed by atoms with Gasteiger partial charge in [0.2, 0.25) is 0 Å². The summed E-state index contributed by atoms with van der Waals surface area (Å²) < 4.78 is 0. The van der Waals surface area contributed by atoms with E-state index >= 15 is 0 Å². The molecule has 3 rings (SSSR count). The van der Waals surface area contributed by atoms with Gasteiger partial charge in [0.25, 0.3) is 5.91 Å². The second-order valence-electron chi connectivity index (χ2n) is 5.26. The molecule has 1 saturated heterocycles. The van der Waals surface area contributed by atoms with Crippen molar-refractivity contribution in [2.45, 2.75) is 18.9 Å². The van der Waals surface area contributed by atoms with Gasteiger partial charge in [-0.2, -0.15) is 0 Å². The molecule has 1 unspecified atom stereocenters. The number of likely N-dealkylation sites (N-methyl/N-ethyl adjacent to an activating group) is 1. The lowest BCUT2D eigenvalue weighted by atomic mass is 10.2. The van der Waals surface area contributed by atoms with Crippen molar-refractivity contribution < 1.29 is 4.79 Å². The lowest BCUT2D eigenvalue weighted by Crippen LogP contribution is -2.40. The highest BCUT2D eigenvalue weighted by atomic mass is 32.1. The fourth-order valence-electron chi connectivity index (χ4n) is 2.78. The zero-order valence-corrected chi connectivity index (χ0v) is 12.9. The number of likely N-dealkylation sites (tertiary alicyclic amines) is 1. The van der Waals surface area contributed by atoms with Gasteiger partial charge in [-0.3, -0.25) is 4.79 Å². The number of hydrogen-bond donors (Lipinski definition) is 1. The molecule has 1 aromatic carbocycles. The molecule has 0 saturated carbocycles. The van der Waals surface area contributed by atoms with Gasteiger partial charge in [-0.25, -0.2) is 4.98 Å². The van der Waals surface area contributed by atoms with Gasteiger partial charge in [0.1, 0.15) is 10.7 Å². The Morgan fingerprint density at radius 3 is 3.00 bits per heavy atom. The molecule has 2 aromatic rings. The summed E-state index contributed by atoms with van der Waals surface area (Å²) in [6.07, 6.45) is 2.15. The first-order valence-electron chi connectivity index (χ1n) is 7.26. The van der Waals surface area contributed by atoms with Gasteiger partial charge in [0.05, 0.1) is 0 Å². The molecular formula is C16H19N3OS. The minimum Gasteiger partial charge on any atom is -0.333 e. The number of nitrogens with one attached hydrogen (secondary N) is 1. The maximum Gasteiger partial charge on any atom is 0.273 e. The average Bonchev–Trinajstić information content (AvgIpc) is 3.17. The highest BCUT2D eigenvalue weighted by Gasteiger charge is 2.30. The van der Waals surface area contributed by atoms with Gasteiger partial charge in [0.15, 0.2) is 0 Å². The molecule has 2 heterocycles. The summed E-state index contributed by atoms with van der Waals surface area (Å²) in [7, 11) is 1.93. The van der Waals surface area contributed by atoms with Gasteiger partial charge in [-0.1, -0.05) is 30.3 Å². The molecule has 1 fully saturated rings. The van der Waals surface area contributed by atoms with E-state index in [0.29, 0.717) is 11.7 Å². The van der Waals surface area contributed by atoms with Gasteiger partial charge in [-0.05, 0) is 19.9 Å². The molecule has 4 nitrogen and oxygen atoms in total. The third kappa shape index (κ3) is 2.99. The van der Waals surface area contributed by atoms with Crippen LogP contribution in [0.1, 0.15) is 23.3 Å². The van der Waals surface area contributed by atoms with E-state index < -0.39 is 0 Å². The Morgan fingerprint density at radius 1 is 1.43 bits per heavy atom. The summed E-state index contributed by atoms with van der Waals surface area (Å²) >= 11 is 1.53. The van der Waals surface area contributed by atoms with E-state index in [1.807, 2.05) is 47.7 Å². The van der Waals surface area contributed by atoms with E-state index in [2.05, 4.69) is 10.3 Å². The van der Waals surface area contributed by atoms with Crippen LogP contribution in [-0.2, 0) is 0 Å². The van der Waals surface area contributed by atoms with E-state index in [4.69, 9.17) is 0 Å². The van der Waals surface area contributed by atoms with Crippen molar-refractivity contribution in [1.29, 1.82) is 0 Å². The molecule has 0 bridgehead atoms. The zero-order chi connectivity index (χ0) is 14.7. The van der Waals surface area contributed by atoms with E-state index in [1.165, 1.54) is 11.3 Å². The van der Waals surface area contributed by atoms with Gasteiger partial charge < -0.3 is 10.2 Å². The van der Waals surface area contributed by atoms with Crippen LogP contribution in [0.15, 0.2) is 35.7 Å². The van der Waals surface area contributed by atoms with Crippen LogP contribution in [-0.4, -0.2) is 42.0 Å². The molecule has 21 heavy (non-hydrogen) atoms. The molecule has 1 aliphatic rings. The number of thiazole rings is 1. The maximum absolute atomic E-state index is 12.6. The number of nitrogens with zero attached hydrogens (tertiary/aromatic N) is 2. The minimum absolute atomic E-state index is 0.0613. The molecule has 5 heteroatoms. The first-order valence-corrected chi connectivity index (χ1v) is 8.14. The summed E-state index contributed by atoms with van der Waals surface area (Å²) in [6, 6.07) is 10.3. The summed E-state index contributed by atoms with van der Waals surface area (Å²) in [5.74, 6) is 0.0613. The zero-order valence-electron chi connectivity index (χ0n) is 12.1. The summed E-state index contributed by atoms with van der Waals surface area (Å²) in [4.78, 5) is 19.1. The van der Waals surface area contributed by atoms with Gasteiger partial charge in [-0.15, -0.1) is 11.3 Å². The van der Waals surface area contributed by atoms with Crippen molar-refractivity contribution >= 4 is 17.2 Å². The van der Waals surface area contributed by atoms with Crippen LogP contribution >= 0.6 is 11.3 Å². The Hall–Kier alpha value is -1.72. The number of carbonyl (C=O) groups is 1. The van der Waals surface area contributed by atoms with Crippen LogP contribution in [0.4, 0.5) is 0 Å². The lowest BCUT2D eigenvalue weighted by Gasteiger charge is -2.23. The van der Waals surface area contributed by atoms with Crippen LogP contribution in [0, 0.1) is 0 Å². The van der Waals surface area contributed by atoms with Crippen molar-refractivity contribution in [3.05, 3.63) is 41.4 Å². The molecule has 0 aliphatic carbocycles. The molecule has 0 spiro atoms. The van der Waals surface area contributed by atoms with Crippen LogP contribution < -0.4 is 5.32 Å². The fraction of sp³-hybridized carbons (Fsp3) is 0.375. The Kier molecular flexibility index (Phi) is 4.31. The molecular weight excluding hydrogens is 282 g/mol. The standard InChI is InChI=1S/C16H19N3OS/c1-17-10-13-8-5-9-19(13)16(20)14-11-21-15(18-14)12-6-3-2-4-7-12/h2-4,6-7,11,13,17H,5,8-10H2,1H3. The Morgan fingerprint density at radius 2 is 2.24 bits per heavy atom. The quantitative estimate of drug-likeness (QED) is 0.944. The lowest BCUT2D eigenvalue weighted by molar-refractivity contribution is 0.0732. The predicted octanol–water partition coefficient (Wildman–Crippen LogP) is 2.63. The normalized spacial score (nSPS) is 18.1. The van der Waals surface area contributed by atoms with Crippen LogP contribution in [0.5, 0.6) is 0 Å². The predicted molar refractivity (Wildman–Crippen MR) is 85.5 cm³/mol. The third-order valence-electron chi connectivity index (χ3n) is 3.82. The van der Waals surface area contributed by atoms with Crippen LogP contribution in [0.2, 0.25) is 0 Å². The van der Waals surface area contributed by atoms with Crippen molar-refractivity contribution in [3.8, 4) is 10.6 Å². The average molecular weight is 301 g/mol. The molecule has 1 N–H and O–H groups in total. The number of carbonyl (C=O) groups excluding carboxylic acids is 1. The van der Waals surface area contributed by atoms with E-state index in [0.717, 1.165) is 36.5 Å². The molecule has 1 aliphatic heterocycles. The monoisotopic (exact) mass is 301 g/mol. The minimum atomic E-state index is 0.0613. The first-order chi connectivity index (χ1) is 10.3. The van der Waals surface area contributed by atoms with E-state index in [1.54, 1.807) is 0 Å². The molecule has 110 valence electrons. The Bertz CT molecular complexity index is 611. The number of rotatable bonds is 4. The number of amides is 1. The number of hydrogen-bond acceptors (Lipinski definition) is 4. The second-order valence-corrected chi connectivity index (χ2v) is 6.11. The van der Waals surface area contributed by atoms with Crippen molar-refractivity contribution in [1.82, 2.24) is 15.2 Å². The second kappa shape index (κ2) is 6.37. The Balaban J connectivity index is 1.78. The molecule has 1 aromatic heterocycles. The third-order valence-corrected chi connectivity index (χ3v) is 4.71. The highest BCUT2D eigenvalue weighted by molar-refractivity contribution is 7.13. The fourth-order valence-corrected chi connectivity index (χ4v) is 3.58. The largest absolute Gasteiger partial charge is 0.333 e. The summed E-state index contributed by atoms with van der Waals surface area (Å²) in [6.45, 7) is 1.69. The van der Waals surface area contributed by atoms with Crippen molar-refractivity contribution in [2.75, 3.05) is 20.1 Å². The number of benzene rings is 1. The summed E-state index contributed by atoms with van der Waals surface area (Å²) in [5.41, 5.74) is 1.64. The van der Waals surface area contributed by atoms with Crippen molar-refractivity contribution in [3.63, 3.8) is 0 Å².